The van der Waals surface area contributed by atoms with Crippen LogP contribution in [0.15, 0.2) is 59.0 Å². The third-order valence-electron chi connectivity index (χ3n) is 4.16. The number of para-hydroxylation sites is 3. The highest BCUT2D eigenvalue weighted by Gasteiger charge is 2.14. The van der Waals surface area contributed by atoms with Crippen molar-refractivity contribution < 1.29 is 18.7 Å². The smallest absolute Gasteiger partial charge is 0.224 e. The molecule has 0 fully saturated rings. The van der Waals surface area contributed by atoms with Crippen LogP contribution in [0.3, 0.4) is 0 Å². The molecule has 1 amide bonds. The summed E-state index contributed by atoms with van der Waals surface area (Å²) in [6, 6.07) is 16.0. The van der Waals surface area contributed by atoms with Crippen molar-refractivity contribution in [2.24, 2.45) is 0 Å². The second-order valence-electron chi connectivity index (χ2n) is 6.32. The summed E-state index contributed by atoms with van der Waals surface area (Å²) in [5.41, 5.74) is 1.10. The Balaban J connectivity index is 1.65. The van der Waals surface area contributed by atoms with Gasteiger partial charge in [-0.05, 0) is 44.2 Å². The largest absolute Gasteiger partial charge is 0.466 e. The van der Waals surface area contributed by atoms with Crippen LogP contribution in [-0.2, 0) is 11.2 Å². The summed E-state index contributed by atoms with van der Waals surface area (Å²) < 4.78 is 11.4. The van der Waals surface area contributed by atoms with Gasteiger partial charge in [0.1, 0.15) is 17.3 Å². The van der Waals surface area contributed by atoms with Crippen LogP contribution in [0.1, 0.15) is 35.2 Å². The van der Waals surface area contributed by atoms with Gasteiger partial charge in [-0.25, -0.2) is 0 Å². The summed E-state index contributed by atoms with van der Waals surface area (Å²) in [6.45, 7) is 3.23. The maximum absolute atomic E-state index is 12.4. The van der Waals surface area contributed by atoms with Gasteiger partial charge in [-0.1, -0.05) is 35.9 Å². The number of furan rings is 1. The first-order chi connectivity index (χ1) is 13.4. The highest BCUT2D eigenvalue weighted by molar-refractivity contribution is 6.32. The normalized spacial score (nSPS) is 10.5. The van der Waals surface area contributed by atoms with Gasteiger partial charge in [0.25, 0.3) is 0 Å². The van der Waals surface area contributed by atoms with E-state index in [2.05, 4.69) is 5.32 Å². The van der Waals surface area contributed by atoms with Crippen LogP contribution >= 0.6 is 11.6 Å². The van der Waals surface area contributed by atoms with E-state index in [1.165, 1.54) is 6.92 Å². The van der Waals surface area contributed by atoms with Crippen molar-refractivity contribution in [1.82, 2.24) is 0 Å². The number of hydrogen-bond donors (Lipinski definition) is 1. The summed E-state index contributed by atoms with van der Waals surface area (Å²) in [4.78, 5) is 23.9. The minimum atomic E-state index is -0.186. The van der Waals surface area contributed by atoms with E-state index in [0.717, 1.165) is 0 Å². The van der Waals surface area contributed by atoms with Crippen LogP contribution < -0.4 is 10.1 Å². The molecule has 3 rings (SSSR count). The van der Waals surface area contributed by atoms with Crippen LogP contribution in [-0.4, -0.2) is 11.7 Å². The van der Waals surface area contributed by atoms with Crippen LogP contribution in [0.4, 0.5) is 5.69 Å². The van der Waals surface area contributed by atoms with Gasteiger partial charge in [0.2, 0.25) is 5.91 Å². The lowest BCUT2D eigenvalue weighted by atomic mass is 10.1. The molecule has 0 aliphatic carbocycles. The number of nitrogens with one attached hydrogen (secondary N) is 1. The number of ketones is 1. The zero-order valence-corrected chi connectivity index (χ0v) is 16.4. The molecule has 0 unspecified atom stereocenters. The molecule has 2 aromatic carbocycles. The predicted molar refractivity (Wildman–Crippen MR) is 108 cm³/mol. The quantitative estimate of drug-likeness (QED) is 0.511. The number of carbonyl (C=O) groups is 2. The fourth-order valence-corrected chi connectivity index (χ4v) is 2.95. The number of amides is 1. The van der Waals surface area contributed by atoms with Crippen LogP contribution in [0.5, 0.6) is 11.5 Å². The van der Waals surface area contributed by atoms with Gasteiger partial charge in [-0.3, -0.25) is 9.59 Å². The average molecular weight is 398 g/mol. The number of anilines is 1. The number of ether oxygens (including phenoxy) is 1. The van der Waals surface area contributed by atoms with Gasteiger partial charge in [0, 0.05) is 12.8 Å². The molecule has 6 heteroatoms. The lowest BCUT2D eigenvalue weighted by Gasteiger charge is -2.13. The highest BCUT2D eigenvalue weighted by Crippen LogP contribution is 2.33. The van der Waals surface area contributed by atoms with E-state index in [0.29, 0.717) is 45.7 Å². The summed E-state index contributed by atoms with van der Waals surface area (Å²) >= 11 is 6.14. The summed E-state index contributed by atoms with van der Waals surface area (Å²) in [6.07, 6.45) is 0.609. The lowest BCUT2D eigenvalue weighted by Crippen LogP contribution is -2.12. The molecule has 5 nitrogen and oxygen atoms in total. The molecule has 0 saturated carbocycles. The molecular weight excluding hydrogens is 378 g/mol. The van der Waals surface area contributed by atoms with Crippen molar-refractivity contribution >= 4 is 29.0 Å². The van der Waals surface area contributed by atoms with Gasteiger partial charge in [0.05, 0.1) is 16.3 Å². The van der Waals surface area contributed by atoms with Gasteiger partial charge in [-0.15, -0.1) is 0 Å². The number of Topliss-reactive ketones (excluding diaryl/α,β-unsaturated/α-hetero) is 1. The van der Waals surface area contributed by atoms with E-state index in [1.807, 2.05) is 24.3 Å². The summed E-state index contributed by atoms with van der Waals surface area (Å²) in [5, 5.41) is 3.33. The van der Waals surface area contributed by atoms with Crippen LogP contribution in [0.25, 0.3) is 0 Å². The molecule has 0 aliphatic heterocycles. The van der Waals surface area contributed by atoms with E-state index in [4.69, 9.17) is 20.8 Å². The first kappa shape index (κ1) is 19.7. The Labute approximate surface area is 168 Å². The zero-order chi connectivity index (χ0) is 20.1. The minimum Gasteiger partial charge on any atom is -0.466 e. The van der Waals surface area contributed by atoms with Gasteiger partial charge < -0.3 is 14.5 Å². The average Bonchev–Trinajstić information content (AvgIpc) is 3.04. The zero-order valence-electron chi connectivity index (χ0n) is 15.6. The van der Waals surface area contributed by atoms with E-state index in [9.17, 15) is 9.59 Å². The second-order valence-corrected chi connectivity index (χ2v) is 6.72. The molecule has 0 bridgehead atoms. The first-order valence-corrected chi connectivity index (χ1v) is 9.23. The first-order valence-electron chi connectivity index (χ1n) is 8.85. The number of halogens is 1. The van der Waals surface area contributed by atoms with Gasteiger partial charge in [-0.2, -0.15) is 0 Å². The van der Waals surface area contributed by atoms with E-state index in [-0.39, 0.29) is 18.1 Å². The van der Waals surface area contributed by atoms with Crippen molar-refractivity contribution in [1.29, 1.82) is 0 Å². The highest BCUT2D eigenvalue weighted by atomic mass is 35.5. The standard InChI is InChI=1S/C22H20ClNO4/c1-14(25)17-13-16(27-15(17)2)11-12-22(26)24-19-8-4-6-10-21(19)28-20-9-5-3-7-18(20)23/h3-10,13H,11-12H2,1-2H3,(H,24,26). The van der Waals surface area contributed by atoms with Crippen LogP contribution in [0, 0.1) is 6.92 Å². The second kappa shape index (κ2) is 8.76. The molecule has 0 saturated heterocycles. The Bertz CT molecular complexity index is 1010. The number of rotatable bonds is 7. The van der Waals surface area contributed by atoms with E-state index < -0.39 is 0 Å². The van der Waals surface area contributed by atoms with Gasteiger partial charge >= 0.3 is 0 Å². The Hall–Kier alpha value is -3.05. The molecule has 144 valence electrons. The molecule has 0 atom stereocenters. The maximum atomic E-state index is 12.4. The molecule has 1 heterocycles. The SMILES string of the molecule is CC(=O)c1cc(CCC(=O)Nc2ccccc2Oc2ccccc2Cl)oc1C. The Morgan fingerprint density at radius 1 is 1.07 bits per heavy atom. The van der Waals surface area contributed by atoms with E-state index >= 15 is 0 Å². The Kier molecular flexibility index (Phi) is 6.16. The number of hydrogen-bond acceptors (Lipinski definition) is 4. The fraction of sp³-hybridized carbons (Fsp3) is 0.182. The molecule has 0 aliphatic rings. The number of benzene rings is 2. The van der Waals surface area contributed by atoms with Crippen molar-refractivity contribution in [3.63, 3.8) is 0 Å². The summed E-state index contributed by atoms with van der Waals surface area (Å²) in [5.74, 6) is 1.95. The lowest BCUT2D eigenvalue weighted by molar-refractivity contribution is -0.116. The number of carbonyl (C=O) groups excluding carboxylic acids is 2. The molecule has 28 heavy (non-hydrogen) atoms. The molecule has 0 spiro atoms. The van der Waals surface area contributed by atoms with Crippen molar-refractivity contribution in [2.45, 2.75) is 26.7 Å². The third kappa shape index (κ3) is 4.81. The van der Waals surface area contributed by atoms with E-state index in [1.54, 1.807) is 37.3 Å². The predicted octanol–water partition coefficient (Wildman–Crippen LogP) is 5.81. The van der Waals surface area contributed by atoms with Crippen molar-refractivity contribution in [3.8, 4) is 11.5 Å². The minimum absolute atomic E-state index is 0.0531. The topological polar surface area (TPSA) is 68.5 Å². The van der Waals surface area contributed by atoms with Crippen molar-refractivity contribution in [3.05, 3.63) is 76.7 Å². The summed E-state index contributed by atoms with van der Waals surface area (Å²) in [7, 11) is 0. The third-order valence-corrected chi connectivity index (χ3v) is 4.48. The Morgan fingerprint density at radius 3 is 2.43 bits per heavy atom. The molecule has 1 N–H and O–H groups in total. The number of aryl methyl sites for hydroxylation is 2. The fourth-order valence-electron chi connectivity index (χ4n) is 2.77. The van der Waals surface area contributed by atoms with Crippen LogP contribution in [0.2, 0.25) is 5.02 Å². The maximum Gasteiger partial charge on any atom is 0.224 e. The monoisotopic (exact) mass is 397 g/mol. The molecule has 1 aromatic heterocycles. The molecule has 0 radical (unpaired) electrons. The molecular formula is C22H20ClNO4. The van der Waals surface area contributed by atoms with Gasteiger partial charge in [0.15, 0.2) is 11.5 Å². The molecule has 3 aromatic rings. The Morgan fingerprint density at radius 2 is 1.75 bits per heavy atom. The van der Waals surface area contributed by atoms with Crippen molar-refractivity contribution in [2.75, 3.05) is 5.32 Å².